The van der Waals surface area contributed by atoms with E-state index in [0.717, 1.165) is 20.9 Å². The van der Waals surface area contributed by atoms with Crippen molar-refractivity contribution in [3.8, 4) is 11.3 Å². The topological polar surface area (TPSA) is 100 Å². The van der Waals surface area contributed by atoms with Crippen LogP contribution >= 0.6 is 27.7 Å². The summed E-state index contributed by atoms with van der Waals surface area (Å²) in [5.74, 6) is 5.34. The van der Waals surface area contributed by atoms with Crippen LogP contribution in [0.3, 0.4) is 0 Å². The molecule has 0 saturated carbocycles. The van der Waals surface area contributed by atoms with E-state index in [1.807, 2.05) is 0 Å². The normalized spacial score (nSPS) is 10.5. The van der Waals surface area contributed by atoms with E-state index in [1.165, 1.54) is 0 Å². The number of benzene rings is 1. The molecule has 1 heterocycles. The molecule has 2 rings (SSSR count). The highest BCUT2D eigenvalue weighted by atomic mass is 79.9. The van der Waals surface area contributed by atoms with Gasteiger partial charge in [0.25, 0.3) is 5.56 Å². The van der Waals surface area contributed by atoms with Gasteiger partial charge in [-0.15, -0.1) is 10.2 Å². The first-order valence-electron chi connectivity index (χ1n) is 6.32. The Hall–Kier alpha value is -1.87. The molecule has 0 fully saturated rings. The molecule has 0 spiro atoms. The number of esters is 1. The average molecular weight is 385 g/mol. The number of nitrogen functional groups attached to an aromatic ring is 1. The van der Waals surface area contributed by atoms with Gasteiger partial charge in [-0.3, -0.25) is 9.59 Å². The summed E-state index contributed by atoms with van der Waals surface area (Å²) < 4.78 is 6.57. The van der Waals surface area contributed by atoms with Crippen LogP contribution in [0.15, 0.2) is 38.7 Å². The van der Waals surface area contributed by atoms with Gasteiger partial charge in [-0.25, -0.2) is 0 Å². The number of hydrogen-bond acceptors (Lipinski definition) is 7. The van der Waals surface area contributed by atoms with Gasteiger partial charge in [-0.1, -0.05) is 39.8 Å². The quantitative estimate of drug-likeness (QED) is 0.472. The van der Waals surface area contributed by atoms with Crippen LogP contribution in [-0.4, -0.2) is 33.2 Å². The zero-order valence-electron chi connectivity index (χ0n) is 11.7. The van der Waals surface area contributed by atoms with Crippen LogP contribution in [0.5, 0.6) is 0 Å². The summed E-state index contributed by atoms with van der Waals surface area (Å²) >= 11 is 4.32. The fraction of sp³-hybridized carbons (Fsp3) is 0.231. The Morgan fingerprint density at radius 3 is 2.68 bits per heavy atom. The molecule has 116 valence electrons. The van der Waals surface area contributed by atoms with E-state index in [1.54, 1.807) is 31.2 Å². The minimum atomic E-state index is -0.483. The number of carbonyl (C=O) groups is 1. The summed E-state index contributed by atoms with van der Waals surface area (Å²) in [6, 6.07) is 7.06. The Bertz CT molecular complexity index is 733. The van der Waals surface area contributed by atoms with Crippen LogP contribution in [0, 0.1) is 0 Å². The second kappa shape index (κ2) is 7.41. The van der Waals surface area contributed by atoms with Crippen molar-refractivity contribution in [2.24, 2.45) is 0 Å². The molecule has 1 aromatic heterocycles. The molecule has 9 heteroatoms. The van der Waals surface area contributed by atoms with Crippen molar-refractivity contribution in [1.29, 1.82) is 0 Å². The number of thioether (sulfide) groups is 1. The van der Waals surface area contributed by atoms with Crippen LogP contribution in [0.2, 0.25) is 0 Å². The van der Waals surface area contributed by atoms with Gasteiger partial charge in [0.2, 0.25) is 5.16 Å². The number of nitrogens with two attached hydrogens (primary N) is 1. The fourth-order valence-electron chi connectivity index (χ4n) is 1.60. The molecule has 0 aliphatic rings. The van der Waals surface area contributed by atoms with Crippen LogP contribution in [0.1, 0.15) is 6.92 Å². The predicted octanol–water partition coefficient (Wildman–Crippen LogP) is 1.44. The SMILES string of the molecule is CCOC(=O)CSc1nnc(-c2ccc(Br)cc2)c(=O)n1N. The largest absolute Gasteiger partial charge is 0.465 e. The Balaban J connectivity index is 2.24. The predicted molar refractivity (Wildman–Crippen MR) is 86.9 cm³/mol. The van der Waals surface area contributed by atoms with Gasteiger partial charge in [0.15, 0.2) is 5.69 Å². The zero-order chi connectivity index (χ0) is 16.1. The molecule has 0 aliphatic heterocycles. The van der Waals surface area contributed by atoms with Gasteiger partial charge < -0.3 is 10.6 Å². The maximum atomic E-state index is 12.2. The van der Waals surface area contributed by atoms with Crippen molar-refractivity contribution in [3.05, 3.63) is 39.1 Å². The first kappa shape index (κ1) is 16.5. The van der Waals surface area contributed by atoms with Gasteiger partial charge in [-0.2, -0.15) is 4.68 Å². The van der Waals surface area contributed by atoms with Gasteiger partial charge in [0.05, 0.1) is 12.4 Å². The maximum Gasteiger partial charge on any atom is 0.316 e. The molecule has 1 aromatic carbocycles. The molecule has 0 unspecified atom stereocenters. The van der Waals surface area contributed by atoms with E-state index in [4.69, 9.17) is 10.6 Å². The number of hydrogen-bond donors (Lipinski definition) is 1. The highest BCUT2D eigenvalue weighted by Crippen LogP contribution is 2.18. The van der Waals surface area contributed by atoms with Gasteiger partial charge in [0, 0.05) is 10.0 Å². The van der Waals surface area contributed by atoms with Gasteiger partial charge in [0.1, 0.15) is 0 Å². The summed E-state index contributed by atoms with van der Waals surface area (Å²) in [6.07, 6.45) is 0. The lowest BCUT2D eigenvalue weighted by Gasteiger charge is -2.07. The molecule has 0 amide bonds. The van der Waals surface area contributed by atoms with E-state index in [9.17, 15) is 9.59 Å². The average Bonchev–Trinajstić information content (AvgIpc) is 2.50. The third-order valence-corrected chi connectivity index (χ3v) is 4.05. The van der Waals surface area contributed by atoms with E-state index >= 15 is 0 Å². The molecular weight excluding hydrogens is 372 g/mol. The fourth-order valence-corrected chi connectivity index (χ4v) is 2.51. The van der Waals surface area contributed by atoms with Crippen molar-refractivity contribution in [3.63, 3.8) is 0 Å². The summed E-state index contributed by atoms with van der Waals surface area (Å²) in [6.45, 7) is 2.01. The second-order valence-corrected chi connectivity index (χ2v) is 5.97. The summed E-state index contributed by atoms with van der Waals surface area (Å²) in [5, 5.41) is 7.96. The van der Waals surface area contributed by atoms with Gasteiger partial charge >= 0.3 is 5.97 Å². The van der Waals surface area contributed by atoms with Crippen molar-refractivity contribution in [2.45, 2.75) is 12.1 Å². The number of nitrogens with zero attached hydrogens (tertiary/aromatic N) is 3. The third kappa shape index (κ3) is 3.86. The molecule has 0 aliphatic carbocycles. The van der Waals surface area contributed by atoms with Crippen LogP contribution < -0.4 is 11.4 Å². The van der Waals surface area contributed by atoms with E-state index < -0.39 is 11.5 Å². The lowest BCUT2D eigenvalue weighted by molar-refractivity contribution is -0.139. The summed E-state index contributed by atoms with van der Waals surface area (Å²) in [7, 11) is 0. The first-order valence-corrected chi connectivity index (χ1v) is 8.10. The Morgan fingerprint density at radius 2 is 2.05 bits per heavy atom. The number of carbonyl (C=O) groups excluding carboxylic acids is 1. The molecule has 2 aromatic rings. The number of rotatable bonds is 5. The molecule has 0 atom stereocenters. The third-order valence-electron chi connectivity index (χ3n) is 2.61. The van der Waals surface area contributed by atoms with Crippen molar-refractivity contribution in [1.82, 2.24) is 14.9 Å². The zero-order valence-corrected chi connectivity index (χ0v) is 14.1. The van der Waals surface area contributed by atoms with E-state index in [2.05, 4.69) is 26.1 Å². The molecule has 0 radical (unpaired) electrons. The molecular formula is C13H13BrN4O3S. The number of aromatic nitrogens is 3. The molecule has 2 N–H and O–H groups in total. The van der Waals surface area contributed by atoms with E-state index in [-0.39, 0.29) is 16.6 Å². The number of ether oxygens (including phenoxy) is 1. The summed E-state index contributed by atoms with van der Waals surface area (Å²) in [5.41, 5.74) is 0.279. The minimum absolute atomic E-state index is 0.0107. The van der Waals surface area contributed by atoms with Crippen LogP contribution in [0.25, 0.3) is 11.3 Å². The lowest BCUT2D eigenvalue weighted by Crippen LogP contribution is -2.32. The highest BCUT2D eigenvalue weighted by Gasteiger charge is 2.14. The van der Waals surface area contributed by atoms with Crippen molar-refractivity contribution < 1.29 is 9.53 Å². The molecule has 7 nitrogen and oxygen atoms in total. The Morgan fingerprint density at radius 1 is 1.36 bits per heavy atom. The first-order chi connectivity index (χ1) is 10.5. The number of halogens is 1. The van der Waals surface area contributed by atoms with Crippen molar-refractivity contribution in [2.75, 3.05) is 18.2 Å². The molecule has 22 heavy (non-hydrogen) atoms. The highest BCUT2D eigenvalue weighted by molar-refractivity contribution is 9.10. The minimum Gasteiger partial charge on any atom is -0.465 e. The van der Waals surface area contributed by atoms with E-state index in [0.29, 0.717) is 12.2 Å². The molecule has 0 bridgehead atoms. The Kier molecular flexibility index (Phi) is 5.56. The van der Waals surface area contributed by atoms with Crippen LogP contribution in [-0.2, 0) is 9.53 Å². The van der Waals surface area contributed by atoms with Crippen molar-refractivity contribution >= 4 is 33.7 Å². The monoisotopic (exact) mass is 384 g/mol. The smallest absolute Gasteiger partial charge is 0.316 e. The lowest BCUT2D eigenvalue weighted by atomic mass is 10.2. The Labute approximate surface area is 139 Å². The van der Waals surface area contributed by atoms with Crippen LogP contribution in [0.4, 0.5) is 0 Å². The maximum absolute atomic E-state index is 12.2. The second-order valence-electron chi connectivity index (χ2n) is 4.11. The molecule has 0 saturated heterocycles. The summed E-state index contributed by atoms with van der Waals surface area (Å²) in [4.78, 5) is 23.5. The standard InChI is InChI=1S/C13H13BrN4O3S/c1-2-21-10(19)7-22-13-17-16-11(12(20)18(13)15)8-3-5-9(14)6-4-8/h3-6H,2,7,15H2,1H3. The van der Waals surface area contributed by atoms with Gasteiger partial charge in [-0.05, 0) is 19.1 Å².